The molecule has 1 aliphatic heterocycles. The number of fused-ring (bicyclic) bond motifs is 3. The summed E-state index contributed by atoms with van der Waals surface area (Å²) >= 11 is 0. The third kappa shape index (κ3) is 1.08. The highest BCUT2D eigenvalue weighted by Crippen LogP contribution is 2.46. The van der Waals surface area contributed by atoms with Crippen molar-refractivity contribution in [3.05, 3.63) is 29.8 Å². The van der Waals surface area contributed by atoms with Crippen LogP contribution < -0.4 is 4.90 Å². The summed E-state index contributed by atoms with van der Waals surface area (Å²) in [7, 11) is 2.23. The zero-order chi connectivity index (χ0) is 9.54. The standard InChI is InChI=1S/C13H17N/c1-14-9-10-5-4-7-11(10)12-6-2-3-8-13(12)14/h2-3,6,8,10-11H,4-5,7,9H2,1H3. The number of anilines is 1. The summed E-state index contributed by atoms with van der Waals surface area (Å²) in [4.78, 5) is 2.43. The van der Waals surface area contributed by atoms with Crippen LogP contribution in [0.15, 0.2) is 24.3 Å². The predicted molar refractivity (Wildman–Crippen MR) is 59.8 cm³/mol. The van der Waals surface area contributed by atoms with Gasteiger partial charge in [0.1, 0.15) is 0 Å². The van der Waals surface area contributed by atoms with Crippen LogP contribution >= 0.6 is 0 Å². The molecule has 2 aliphatic rings. The van der Waals surface area contributed by atoms with Gasteiger partial charge in [0.2, 0.25) is 0 Å². The van der Waals surface area contributed by atoms with Gasteiger partial charge in [-0.05, 0) is 36.3 Å². The molecule has 1 heteroatoms. The molecule has 1 heterocycles. The van der Waals surface area contributed by atoms with E-state index in [9.17, 15) is 0 Å². The van der Waals surface area contributed by atoms with Gasteiger partial charge in [-0.3, -0.25) is 0 Å². The van der Waals surface area contributed by atoms with Gasteiger partial charge in [-0.25, -0.2) is 0 Å². The third-order valence-electron chi connectivity index (χ3n) is 3.91. The van der Waals surface area contributed by atoms with E-state index < -0.39 is 0 Å². The van der Waals surface area contributed by atoms with Crippen molar-refractivity contribution in [2.24, 2.45) is 5.92 Å². The Labute approximate surface area is 85.7 Å². The van der Waals surface area contributed by atoms with Crippen molar-refractivity contribution < 1.29 is 0 Å². The van der Waals surface area contributed by atoms with Gasteiger partial charge in [-0.2, -0.15) is 0 Å². The van der Waals surface area contributed by atoms with Gasteiger partial charge in [-0.1, -0.05) is 24.6 Å². The van der Waals surface area contributed by atoms with E-state index >= 15 is 0 Å². The van der Waals surface area contributed by atoms with Gasteiger partial charge in [0.15, 0.2) is 0 Å². The van der Waals surface area contributed by atoms with Crippen LogP contribution in [0.1, 0.15) is 30.7 Å². The van der Waals surface area contributed by atoms with E-state index in [0.29, 0.717) is 0 Å². The number of benzene rings is 1. The largest absolute Gasteiger partial charge is 0.374 e. The van der Waals surface area contributed by atoms with Crippen molar-refractivity contribution in [1.29, 1.82) is 0 Å². The second-order valence-electron chi connectivity index (χ2n) is 4.74. The van der Waals surface area contributed by atoms with Crippen LogP contribution in [0.4, 0.5) is 5.69 Å². The van der Waals surface area contributed by atoms with E-state index in [-0.39, 0.29) is 0 Å². The Morgan fingerprint density at radius 2 is 2.07 bits per heavy atom. The molecule has 74 valence electrons. The fourth-order valence-electron chi connectivity index (χ4n) is 3.26. The van der Waals surface area contributed by atoms with Crippen molar-refractivity contribution >= 4 is 5.69 Å². The number of nitrogens with zero attached hydrogens (tertiary/aromatic N) is 1. The first-order valence-electron chi connectivity index (χ1n) is 5.66. The van der Waals surface area contributed by atoms with Crippen LogP contribution in [-0.4, -0.2) is 13.6 Å². The second kappa shape index (κ2) is 3.01. The average molecular weight is 187 g/mol. The molecule has 0 radical (unpaired) electrons. The van der Waals surface area contributed by atoms with Crippen LogP contribution in [0.25, 0.3) is 0 Å². The van der Waals surface area contributed by atoms with Gasteiger partial charge in [0.05, 0.1) is 0 Å². The van der Waals surface area contributed by atoms with E-state index in [0.717, 1.165) is 11.8 Å². The molecule has 0 saturated heterocycles. The molecule has 3 rings (SSSR count). The molecule has 1 fully saturated rings. The van der Waals surface area contributed by atoms with Crippen molar-refractivity contribution in [3.8, 4) is 0 Å². The molecular weight excluding hydrogens is 170 g/mol. The SMILES string of the molecule is CN1CC2CCCC2c2ccccc21. The minimum absolute atomic E-state index is 0.863. The van der Waals surface area contributed by atoms with Crippen LogP contribution in [0.3, 0.4) is 0 Å². The highest BCUT2D eigenvalue weighted by Gasteiger charge is 2.34. The van der Waals surface area contributed by atoms with Crippen LogP contribution in [0.5, 0.6) is 0 Å². The van der Waals surface area contributed by atoms with Gasteiger partial charge in [0.25, 0.3) is 0 Å². The summed E-state index contributed by atoms with van der Waals surface area (Å²) in [6.45, 7) is 1.27. The summed E-state index contributed by atoms with van der Waals surface area (Å²) in [5.74, 6) is 1.79. The lowest BCUT2D eigenvalue weighted by Crippen LogP contribution is -2.32. The van der Waals surface area contributed by atoms with E-state index in [1.165, 1.54) is 31.5 Å². The summed E-state index contributed by atoms with van der Waals surface area (Å²) < 4.78 is 0. The molecule has 2 unspecified atom stereocenters. The average Bonchev–Trinajstić information content (AvgIpc) is 2.66. The van der Waals surface area contributed by atoms with Gasteiger partial charge in [-0.15, -0.1) is 0 Å². The van der Waals surface area contributed by atoms with E-state index in [2.05, 4.69) is 36.2 Å². The summed E-state index contributed by atoms with van der Waals surface area (Å²) in [5.41, 5.74) is 3.07. The molecule has 0 bridgehead atoms. The maximum Gasteiger partial charge on any atom is 0.0399 e. The quantitative estimate of drug-likeness (QED) is 0.603. The molecule has 0 N–H and O–H groups in total. The van der Waals surface area contributed by atoms with Crippen molar-refractivity contribution in [1.82, 2.24) is 0 Å². The minimum atomic E-state index is 0.863. The Kier molecular flexibility index (Phi) is 1.79. The second-order valence-corrected chi connectivity index (χ2v) is 4.74. The van der Waals surface area contributed by atoms with Gasteiger partial charge < -0.3 is 4.90 Å². The first-order valence-corrected chi connectivity index (χ1v) is 5.66. The van der Waals surface area contributed by atoms with Gasteiger partial charge >= 0.3 is 0 Å². The van der Waals surface area contributed by atoms with Crippen molar-refractivity contribution in [3.63, 3.8) is 0 Å². The fourth-order valence-corrected chi connectivity index (χ4v) is 3.26. The zero-order valence-corrected chi connectivity index (χ0v) is 8.74. The third-order valence-corrected chi connectivity index (χ3v) is 3.91. The molecule has 1 saturated carbocycles. The number of rotatable bonds is 0. The highest BCUT2D eigenvalue weighted by atomic mass is 15.1. The van der Waals surface area contributed by atoms with E-state index in [1.54, 1.807) is 5.56 Å². The fraction of sp³-hybridized carbons (Fsp3) is 0.538. The predicted octanol–water partition coefficient (Wildman–Crippen LogP) is 3.02. The molecule has 2 atom stereocenters. The first kappa shape index (κ1) is 8.34. The highest BCUT2D eigenvalue weighted by molar-refractivity contribution is 5.57. The Hall–Kier alpha value is -0.980. The van der Waals surface area contributed by atoms with Gasteiger partial charge in [0, 0.05) is 19.3 Å². The van der Waals surface area contributed by atoms with E-state index in [4.69, 9.17) is 0 Å². The Bertz CT molecular complexity index is 345. The Morgan fingerprint density at radius 3 is 3.00 bits per heavy atom. The molecular formula is C13H17N. The van der Waals surface area contributed by atoms with E-state index in [1.807, 2.05) is 0 Å². The monoisotopic (exact) mass is 187 g/mol. The number of hydrogen-bond donors (Lipinski definition) is 0. The van der Waals surface area contributed by atoms with Crippen LogP contribution in [0, 0.1) is 5.92 Å². The molecule has 1 nitrogen and oxygen atoms in total. The maximum absolute atomic E-state index is 2.43. The first-order chi connectivity index (χ1) is 6.86. The lowest BCUT2D eigenvalue weighted by Gasteiger charge is -2.36. The number of para-hydroxylation sites is 1. The number of hydrogen-bond acceptors (Lipinski definition) is 1. The molecule has 0 aromatic heterocycles. The van der Waals surface area contributed by atoms with Crippen LogP contribution in [0.2, 0.25) is 0 Å². The van der Waals surface area contributed by atoms with Crippen molar-refractivity contribution in [2.75, 3.05) is 18.5 Å². The topological polar surface area (TPSA) is 3.24 Å². The molecule has 1 aliphatic carbocycles. The summed E-state index contributed by atoms with van der Waals surface area (Å²) in [6, 6.07) is 8.94. The lowest BCUT2D eigenvalue weighted by molar-refractivity contribution is 0.465. The Balaban J connectivity index is 2.09. The summed E-state index contributed by atoms with van der Waals surface area (Å²) in [5, 5.41) is 0. The molecule has 0 amide bonds. The van der Waals surface area contributed by atoms with Crippen LogP contribution in [-0.2, 0) is 0 Å². The molecule has 1 aromatic rings. The zero-order valence-electron chi connectivity index (χ0n) is 8.74. The smallest absolute Gasteiger partial charge is 0.0399 e. The van der Waals surface area contributed by atoms with Crippen molar-refractivity contribution in [2.45, 2.75) is 25.2 Å². The minimum Gasteiger partial charge on any atom is -0.374 e. The molecule has 1 aromatic carbocycles. The molecule has 14 heavy (non-hydrogen) atoms. The molecule has 0 spiro atoms. The lowest BCUT2D eigenvalue weighted by atomic mass is 9.84. The Morgan fingerprint density at radius 1 is 1.21 bits per heavy atom. The maximum atomic E-state index is 2.43. The normalized spacial score (nSPS) is 29.9. The summed E-state index contributed by atoms with van der Waals surface area (Å²) in [6.07, 6.45) is 4.27.